The molecule has 2 aliphatic rings. The Morgan fingerprint density at radius 2 is 2.06 bits per heavy atom. The lowest BCUT2D eigenvalue weighted by atomic mass is 10.0. The standard InChI is InChI=1S/C23H21ClN4O3S/c1-28-9-10-31-22-13-18(5-7-21(22)28)32(29,30)27-20-12-17(14-26-23(20)24)15-4-6-19-16(11-15)3-2-8-25-19/h2-8,11-14,21-22,27H,9-10H2,1H3. The average molecular weight is 469 g/mol. The second-order valence-corrected chi connectivity index (χ2v) is 9.85. The molecule has 0 amide bonds. The van der Waals surface area contributed by atoms with Crippen LogP contribution in [0, 0.1) is 0 Å². The van der Waals surface area contributed by atoms with Gasteiger partial charge >= 0.3 is 0 Å². The van der Waals surface area contributed by atoms with Crippen LogP contribution < -0.4 is 4.72 Å². The molecular weight excluding hydrogens is 448 g/mol. The molecule has 3 aromatic rings. The van der Waals surface area contributed by atoms with E-state index >= 15 is 0 Å². The Labute approximate surface area is 191 Å². The molecule has 164 valence electrons. The number of allylic oxidation sites excluding steroid dienone is 1. The van der Waals surface area contributed by atoms with Crippen LogP contribution in [0.15, 0.2) is 71.9 Å². The first-order valence-electron chi connectivity index (χ1n) is 10.2. The number of ether oxygens (including phenoxy) is 1. The second kappa shape index (κ2) is 8.29. The molecule has 0 spiro atoms. The van der Waals surface area contributed by atoms with E-state index in [0.29, 0.717) is 6.61 Å². The molecule has 1 aliphatic carbocycles. The van der Waals surface area contributed by atoms with Crippen molar-refractivity contribution >= 4 is 38.2 Å². The van der Waals surface area contributed by atoms with Gasteiger partial charge < -0.3 is 4.74 Å². The number of likely N-dealkylation sites (N-methyl/N-ethyl adjacent to an activating group) is 1. The van der Waals surface area contributed by atoms with E-state index < -0.39 is 10.0 Å². The van der Waals surface area contributed by atoms with E-state index in [1.165, 1.54) is 0 Å². The van der Waals surface area contributed by atoms with Crippen LogP contribution in [0.25, 0.3) is 22.0 Å². The molecule has 0 radical (unpaired) electrons. The smallest absolute Gasteiger partial charge is 0.261 e. The number of nitrogens with zero attached hydrogens (tertiary/aromatic N) is 3. The third kappa shape index (κ3) is 4.02. The summed E-state index contributed by atoms with van der Waals surface area (Å²) in [6.07, 6.45) is 8.16. The highest BCUT2D eigenvalue weighted by molar-refractivity contribution is 7.96. The number of halogens is 1. The molecule has 32 heavy (non-hydrogen) atoms. The molecule has 2 atom stereocenters. The quantitative estimate of drug-likeness (QED) is 0.585. The van der Waals surface area contributed by atoms with Crippen molar-refractivity contribution < 1.29 is 13.2 Å². The molecule has 2 aromatic heterocycles. The molecule has 2 unspecified atom stereocenters. The number of aromatic nitrogens is 2. The minimum absolute atomic E-state index is 0.0266. The van der Waals surface area contributed by atoms with Gasteiger partial charge in [-0.2, -0.15) is 0 Å². The maximum absolute atomic E-state index is 13.1. The van der Waals surface area contributed by atoms with Crippen LogP contribution in [0.3, 0.4) is 0 Å². The Hall–Kier alpha value is -2.78. The SMILES string of the molecule is CN1CCOC2C=C(S(=O)(=O)Nc3cc(-c4ccc5ncccc5c4)cnc3Cl)C=CC21. The Bertz CT molecular complexity index is 1360. The van der Waals surface area contributed by atoms with Gasteiger partial charge in [0.15, 0.2) is 5.15 Å². The predicted octanol–water partition coefficient (Wildman–Crippen LogP) is 3.84. The van der Waals surface area contributed by atoms with Crippen molar-refractivity contribution in [3.63, 3.8) is 0 Å². The lowest BCUT2D eigenvalue weighted by molar-refractivity contribution is -0.0207. The lowest BCUT2D eigenvalue weighted by Gasteiger charge is -2.37. The predicted molar refractivity (Wildman–Crippen MR) is 126 cm³/mol. The van der Waals surface area contributed by atoms with Crippen LogP contribution in [-0.2, 0) is 14.8 Å². The molecular formula is C23H21ClN4O3S. The molecule has 1 fully saturated rings. The van der Waals surface area contributed by atoms with Gasteiger partial charge in [0, 0.05) is 29.9 Å². The maximum atomic E-state index is 13.1. The summed E-state index contributed by atoms with van der Waals surface area (Å²) in [6.45, 7) is 1.36. The highest BCUT2D eigenvalue weighted by Gasteiger charge is 2.32. The van der Waals surface area contributed by atoms with Crippen LogP contribution in [-0.4, -0.2) is 55.6 Å². The number of hydrogen-bond donors (Lipinski definition) is 1. The monoisotopic (exact) mass is 468 g/mol. The molecule has 5 rings (SSSR count). The van der Waals surface area contributed by atoms with Crippen molar-refractivity contribution in [2.75, 3.05) is 24.9 Å². The number of pyridine rings is 2. The number of fused-ring (bicyclic) bond motifs is 2. The van der Waals surface area contributed by atoms with E-state index in [1.807, 2.05) is 43.5 Å². The Balaban J connectivity index is 1.44. The first-order chi connectivity index (χ1) is 15.4. The minimum Gasteiger partial charge on any atom is -0.371 e. The minimum atomic E-state index is -3.87. The number of morpholine rings is 1. The van der Waals surface area contributed by atoms with E-state index in [0.717, 1.165) is 28.6 Å². The van der Waals surface area contributed by atoms with Crippen molar-refractivity contribution in [3.05, 3.63) is 77.1 Å². The van der Waals surface area contributed by atoms with Crippen LogP contribution in [0.2, 0.25) is 5.15 Å². The zero-order valence-corrected chi connectivity index (χ0v) is 18.8. The largest absolute Gasteiger partial charge is 0.371 e. The summed E-state index contributed by atoms with van der Waals surface area (Å²) in [4.78, 5) is 10.8. The van der Waals surface area contributed by atoms with Gasteiger partial charge in [0.05, 0.1) is 34.9 Å². The second-order valence-electron chi connectivity index (χ2n) is 7.81. The molecule has 1 saturated heterocycles. The van der Waals surface area contributed by atoms with Crippen molar-refractivity contribution in [2.45, 2.75) is 12.1 Å². The Morgan fingerprint density at radius 3 is 2.94 bits per heavy atom. The van der Waals surface area contributed by atoms with Crippen LogP contribution >= 0.6 is 11.6 Å². The summed E-state index contributed by atoms with van der Waals surface area (Å²) in [5.41, 5.74) is 2.72. The Kier molecular flexibility index (Phi) is 5.46. The summed E-state index contributed by atoms with van der Waals surface area (Å²) in [6, 6.07) is 11.4. The van der Waals surface area contributed by atoms with Crippen molar-refractivity contribution in [1.82, 2.24) is 14.9 Å². The van der Waals surface area contributed by atoms with Gasteiger partial charge in [-0.25, -0.2) is 13.4 Å². The topological polar surface area (TPSA) is 84.4 Å². The van der Waals surface area contributed by atoms with Crippen molar-refractivity contribution in [2.24, 2.45) is 0 Å². The molecule has 1 aliphatic heterocycles. The first kappa shape index (κ1) is 21.1. The third-order valence-electron chi connectivity index (χ3n) is 5.72. The first-order valence-corrected chi connectivity index (χ1v) is 12.0. The van der Waals surface area contributed by atoms with Crippen LogP contribution in [0.1, 0.15) is 0 Å². The van der Waals surface area contributed by atoms with Gasteiger partial charge in [0.1, 0.15) is 0 Å². The maximum Gasteiger partial charge on any atom is 0.261 e. The highest BCUT2D eigenvalue weighted by Crippen LogP contribution is 2.31. The molecule has 9 heteroatoms. The zero-order chi connectivity index (χ0) is 22.3. The number of anilines is 1. The van der Waals surface area contributed by atoms with Gasteiger partial charge in [-0.05, 0) is 49.0 Å². The number of sulfonamides is 1. The normalized spacial score (nSPS) is 21.2. The van der Waals surface area contributed by atoms with Gasteiger partial charge in [-0.15, -0.1) is 0 Å². The van der Waals surface area contributed by atoms with Gasteiger partial charge in [-0.1, -0.05) is 29.8 Å². The van der Waals surface area contributed by atoms with Gasteiger partial charge in [0.25, 0.3) is 10.0 Å². The third-order valence-corrected chi connectivity index (χ3v) is 7.40. The molecule has 3 heterocycles. The number of hydrogen-bond acceptors (Lipinski definition) is 6. The summed E-state index contributed by atoms with van der Waals surface area (Å²) in [5, 5.41) is 1.05. The molecule has 7 nitrogen and oxygen atoms in total. The average Bonchev–Trinajstić information content (AvgIpc) is 2.80. The summed E-state index contributed by atoms with van der Waals surface area (Å²) in [7, 11) is -1.87. The van der Waals surface area contributed by atoms with Crippen LogP contribution in [0.5, 0.6) is 0 Å². The van der Waals surface area contributed by atoms with Gasteiger partial charge in [0.2, 0.25) is 0 Å². The number of rotatable bonds is 4. The van der Waals surface area contributed by atoms with E-state index in [1.54, 1.807) is 30.6 Å². The van der Waals surface area contributed by atoms with E-state index in [2.05, 4.69) is 19.6 Å². The molecule has 1 N–H and O–H groups in total. The molecule has 0 bridgehead atoms. The molecule has 0 saturated carbocycles. The zero-order valence-electron chi connectivity index (χ0n) is 17.3. The Morgan fingerprint density at radius 1 is 1.19 bits per heavy atom. The fourth-order valence-electron chi connectivity index (χ4n) is 3.96. The van der Waals surface area contributed by atoms with Crippen molar-refractivity contribution in [1.29, 1.82) is 0 Å². The van der Waals surface area contributed by atoms with E-state index in [4.69, 9.17) is 16.3 Å². The summed E-state index contributed by atoms with van der Waals surface area (Å²) < 4.78 is 34.5. The summed E-state index contributed by atoms with van der Waals surface area (Å²) in [5.74, 6) is 0. The van der Waals surface area contributed by atoms with E-state index in [-0.39, 0.29) is 27.9 Å². The number of benzene rings is 1. The van der Waals surface area contributed by atoms with Gasteiger partial charge in [-0.3, -0.25) is 14.6 Å². The fourth-order valence-corrected chi connectivity index (χ4v) is 5.30. The van der Waals surface area contributed by atoms with E-state index in [9.17, 15) is 8.42 Å². The lowest BCUT2D eigenvalue weighted by Crippen LogP contribution is -2.48. The molecule has 1 aromatic carbocycles. The van der Waals surface area contributed by atoms with Crippen LogP contribution in [0.4, 0.5) is 5.69 Å². The highest BCUT2D eigenvalue weighted by atomic mass is 35.5. The van der Waals surface area contributed by atoms with Crippen molar-refractivity contribution in [3.8, 4) is 11.1 Å². The number of nitrogens with one attached hydrogen (secondary N) is 1. The fraction of sp³-hybridized carbons (Fsp3) is 0.217. The summed E-state index contributed by atoms with van der Waals surface area (Å²) >= 11 is 6.24.